The second-order valence-electron chi connectivity index (χ2n) is 3.73. The molecule has 0 radical (unpaired) electrons. The summed E-state index contributed by atoms with van der Waals surface area (Å²) >= 11 is 1.64. The first-order chi connectivity index (χ1) is 8.18. The zero-order valence-corrected chi connectivity index (χ0v) is 11.6. The number of rotatable bonds is 9. The summed E-state index contributed by atoms with van der Waals surface area (Å²) in [7, 11) is -0.780. The van der Waals surface area contributed by atoms with Crippen molar-refractivity contribution in [2.45, 2.75) is 12.7 Å². The van der Waals surface area contributed by atoms with Crippen molar-refractivity contribution in [2.75, 3.05) is 31.7 Å². The molecule has 0 aromatic carbocycles. The first-order valence-corrected chi connectivity index (χ1v) is 8.08. The van der Waals surface area contributed by atoms with E-state index in [4.69, 9.17) is 4.74 Å². The van der Waals surface area contributed by atoms with Gasteiger partial charge < -0.3 is 15.2 Å². The summed E-state index contributed by atoms with van der Waals surface area (Å²) in [5.74, 6) is 0.614. The summed E-state index contributed by atoms with van der Waals surface area (Å²) in [6.45, 7) is 2.00. The molecule has 98 valence electrons. The topological polar surface area (TPSA) is 58.6 Å². The Hall–Kier alpha value is -0.270. The van der Waals surface area contributed by atoms with Crippen molar-refractivity contribution in [3.63, 3.8) is 0 Å². The third-order valence-electron chi connectivity index (χ3n) is 2.08. The van der Waals surface area contributed by atoms with Crippen molar-refractivity contribution in [1.82, 2.24) is 5.32 Å². The molecule has 1 rings (SSSR count). The van der Waals surface area contributed by atoms with Crippen LogP contribution in [0.1, 0.15) is 4.88 Å². The predicted octanol–water partition coefficient (Wildman–Crippen LogP) is 0.594. The first kappa shape index (κ1) is 14.8. The smallest absolute Gasteiger partial charge is 0.0897 e. The fraction of sp³-hybridized carbons (Fsp3) is 0.636. The van der Waals surface area contributed by atoms with Crippen molar-refractivity contribution in [1.29, 1.82) is 0 Å². The standard InChI is InChI=1S/C11H19NO3S2/c1-17(14)6-4-12-7-10(13)8-15-9-11-3-2-5-16-11/h2-3,5,10,12-13H,4,6-9H2,1H3. The van der Waals surface area contributed by atoms with E-state index in [-0.39, 0.29) is 0 Å². The number of ether oxygens (including phenoxy) is 1. The van der Waals surface area contributed by atoms with E-state index in [1.807, 2.05) is 17.5 Å². The second kappa shape index (κ2) is 8.77. The van der Waals surface area contributed by atoms with E-state index in [1.165, 1.54) is 0 Å². The molecule has 0 aliphatic heterocycles. The van der Waals surface area contributed by atoms with E-state index >= 15 is 0 Å². The van der Waals surface area contributed by atoms with Crippen LogP contribution in [0.2, 0.25) is 0 Å². The molecule has 0 saturated carbocycles. The van der Waals surface area contributed by atoms with Crippen LogP contribution in [0.5, 0.6) is 0 Å². The molecule has 6 heteroatoms. The highest BCUT2D eigenvalue weighted by Gasteiger charge is 2.04. The highest BCUT2D eigenvalue weighted by Crippen LogP contribution is 2.09. The summed E-state index contributed by atoms with van der Waals surface area (Å²) in [6, 6.07) is 3.98. The third-order valence-corrected chi connectivity index (χ3v) is 3.71. The van der Waals surface area contributed by atoms with Crippen LogP contribution < -0.4 is 5.32 Å². The normalized spacial score (nSPS) is 14.7. The summed E-state index contributed by atoms with van der Waals surface area (Å²) in [6.07, 6.45) is 1.16. The molecule has 2 atom stereocenters. The molecule has 2 N–H and O–H groups in total. The highest BCUT2D eigenvalue weighted by atomic mass is 32.2. The minimum Gasteiger partial charge on any atom is -0.389 e. The quantitative estimate of drug-likeness (QED) is 0.649. The van der Waals surface area contributed by atoms with Crippen molar-refractivity contribution in [3.8, 4) is 0 Å². The zero-order chi connectivity index (χ0) is 12.5. The molecule has 0 aliphatic rings. The Bertz CT molecular complexity index is 317. The molecule has 1 heterocycles. The average Bonchev–Trinajstić information content (AvgIpc) is 2.77. The lowest BCUT2D eigenvalue weighted by molar-refractivity contribution is 0.0301. The largest absolute Gasteiger partial charge is 0.389 e. The van der Waals surface area contributed by atoms with Crippen LogP contribution in [-0.2, 0) is 22.1 Å². The summed E-state index contributed by atoms with van der Waals surface area (Å²) in [4.78, 5) is 1.16. The molecule has 17 heavy (non-hydrogen) atoms. The van der Waals surface area contributed by atoms with Gasteiger partial charge in [0.15, 0.2) is 0 Å². The molecule has 0 aliphatic carbocycles. The highest BCUT2D eigenvalue weighted by molar-refractivity contribution is 7.84. The second-order valence-corrected chi connectivity index (χ2v) is 6.32. The summed E-state index contributed by atoms with van der Waals surface area (Å²) in [5.41, 5.74) is 0. The van der Waals surface area contributed by atoms with Crippen LogP contribution in [0.25, 0.3) is 0 Å². The molecule has 2 unspecified atom stereocenters. The van der Waals surface area contributed by atoms with Gasteiger partial charge in [-0.15, -0.1) is 11.3 Å². The molecular weight excluding hydrogens is 258 g/mol. The van der Waals surface area contributed by atoms with Gasteiger partial charge in [-0.2, -0.15) is 0 Å². The van der Waals surface area contributed by atoms with Crippen molar-refractivity contribution < 1.29 is 14.1 Å². The number of nitrogens with one attached hydrogen (secondary N) is 1. The van der Waals surface area contributed by atoms with E-state index < -0.39 is 16.9 Å². The van der Waals surface area contributed by atoms with Crippen LogP contribution >= 0.6 is 11.3 Å². The van der Waals surface area contributed by atoms with Gasteiger partial charge in [0, 0.05) is 40.8 Å². The van der Waals surface area contributed by atoms with Gasteiger partial charge in [-0.05, 0) is 11.4 Å². The van der Waals surface area contributed by atoms with Crippen LogP contribution in [0.3, 0.4) is 0 Å². The van der Waals surface area contributed by atoms with Gasteiger partial charge in [-0.1, -0.05) is 6.07 Å². The first-order valence-electron chi connectivity index (χ1n) is 5.47. The third kappa shape index (κ3) is 7.62. The van der Waals surface area contributed by atoms with E-state index in [2.05, 4.69) is 5.32 Å². The summed E-state index contributed by atoms with van der Waals surface area (Å²) in [5, 5.41) is 14.6. The van der Waals surface area contributed by atoms with Crippen molar-refractivity contribution >= 4 is 22.1 Å². The van der Waals surface area contributed by atoms with Gasteiger partial charge in [0.25, 0.3) is 0 Å². The molecule has 0 bridgehead atoms. The van der Waals surface area contributed by atoms with Gasteiger partial charge in [-0.3, -0.25) is 4.21 Å². The van der Waals surface area contributed by atoms with Gasteiger partial charge in [0.1, 0.15) is 0 Å². The number of hydrogen-bond acceptors (Lipinski definition) is 5. The van der Waals surface area contributed by atoms with Crippen LogP contribution in [0.15, 0.2) is 17.5 Å². The lowest BCUT2D eigenvalue weighted by atomic mass is 10.4. The Morgan fingerprint density at radius 2 is 2.47 bits per heavy atom. The Morgan fingerprint density at radius 1 is 1.65 bits per heavy atom. The number of hydrogen-bond donors (Lipinski definition) is 2. The minimum atomic E-state index is -0.780. The molecule has 4 nitrogen and oxygen atoms in total. The fourth-order valence-corrected chi connectivity index (χ4v) is 2.31. The van der Waals surface area contributed by atoms with E-state index in [0.717, 1.165) is 4.88 Å². The van der Waals surface area contributed by atoms with Gasteiger partial charge in [0.05, 0.1) is 19.3 Å². The van der Waals surface area contributed by atoms with E-state index in [1.54, 1.807) is 17.6 Å². The molecule has 0 amide bonds. The molecule has 0 spiro atoms. The maximum Gasteiger partial charge on any atom is 0.0897 e. The number of aliphatic hydroxyl groups excluding tert-OH is 1. The Labute approximate surface area is 108 Å². The van der Waals surface area contributed by atoms with Crippen LogP contribution in [0, 0.1) is 0 Å². The van der Waals surface area contributed by atoms with Crippen LogP contribution in [0.4, 0.5) is 0 Å². The van der Waals surface area contributed by atoms with Gasteiger partial charge in [0.2, 0.25) is 0 Å². The predicted molar refractivity (Wildman–Crippen MR) is 71.8 cm³/mol. The van der Waals surface area contributed by atoms with Gasteiger partial charge >= 0.3 is 0 Å². The number of thiophene rings is 1. The maximum atomic E-state index is 10.8. The summed E-state index contributed by atoms with van der Waals surface area (Å²) < 4.78 is 16.2. The molecule has 0 fully saturated rings. The minimum absolute atomic E-state index is 0.320. The Balaban J connectivity index is 1.97. The average molecular weight is 277 g/mol. The lowest BCUT2D eigenvalue weighted by Crippen LogP contribution is -2.32. The Kier molecular flexibility index (Phi) is 7.63. The monoisotopic (exact) mass is 277 g/mol. The molecular formula is C11H19NO3S2. The van der Waals surface area contributed by atoms with Crippen molar-refractivity contribution in [2.24, 2.45) is 0 Å². The van der Waals surface area contributed by atoms with E-state index in [9.17, 15) is 9.32 Å². The van der Waals surface area contributed by atoms with Crippen LogP contribution in [-0.4, -0.2) is 47.1 Å². The molecule has 1 aromatic heterocycles. The maximum absolute atomic E-state index is 10.8. The Morgan fingerprint density at radius 3 is 3.12 bits per heavy atom. The molecule has 0 saturated heterocycles. The SMILES string of the molecule is CS(=O)CCNCC(O)COCc1cccs1. The van der Waals surface area contributed by atoms with Crippen molar-refractivity contribution in [3.05, 3.63) is 22.4 Å². The lowest BCUT2D eigenvalue weighted by Gasteiger charge is -2.11. The zero-order valence-electron chi connectivity index (χ0n) is 9.93. The number of aliphatic hydroxyl groups is 1. The fourth-order valence-electron chi connectivity index (χ4n) is 1.23. The van der Waals surface area contributed by atoms with Gasteiger partial charge in [-0.25, -0.2) is 0 Å². The van der Waals surface area contributed by atoms with E-state index in [0.29, 0.717) is 32.1 Å². The molecule has 1 aromatic rings.